The standard InChI is InChI=1S/C15H13F3N2O/c16-11-8-13(18)14(9-12(11)17)20-15(21)6-3-5-10-4-1-2-7-19-10/h1-2,4,7-9H,3,5-6H2,(H,20,21). The van der Waals surface area contributed by atoms with Gasteiger partial charge < -0.3 is 5.32 Å². The highest BCUT2D eigenvalue weighted by molar-refractivity contribution is 5.90. The van der Waals surface area contributed by atoms with Crippen LogP contribution in [0.2, 0.25) is 0 Å². The van der Waals surface area contributed by atoms with E-state index < -0.39 is 23.4 Å². The molecule has 1 aromatic heterocycles. The summed E-state index contributed by atoms with van der Waals surface area (Å²) >= 11 is 0. The van der Waals surface area contributed by atoms with Gasteiger partial charge in [-0.25, -0.2) is 13.2 Å². The van der Waals surface area contributed by atoms with Crippen LogP contribution in [0.25, 0.3) is 0 Å². The van der Waals surface area contributed by atoms with Gasteiger partial charge in [-0.15, -0.1) is 0 Å². The molecular weight excluding hydrogens is 281 g/mol. The van der Waals surface area contributed by atoms with Crippen LogP contribution in [-0.2, 0) is 11.2 Å². The third-order valence-electron chi connectivity index (χ3n) is 2.85. The first-order chi connectivity index (χ1) is 10.1. The molecule has 0 radical (unpaired) electrons. The molecule has 21 heavy (non-hydrogen) atoms. The van der Waals surface area contributed by atoms with Gasteiger partial charge in [0.1, 0.15) is 5.82 Å². The zero-order valence-corrected chi connectivity index (χ0v) is 11.1. The third kappa shape index (κ3) is 4.30. The minimum Gasteiger partial charge on any atom is -0.324 e. The number of benzene rings is 1. The van der Waals surface area contributed by atoms with Crippen molar-refractivity contribution in [2.24, 2.45) is 0 Å². The van der Waals surface area contributed by atoms with Crippen molar-refractivity contribution in [1.29, 1.82) is 0 Å². The third-order valence-corrected chi connectivity index (χ3v) is 2.85. The van der Waals surface area contributed by atoms with E-state index in [-0.39, 0.29) is 12.1 Å². The Balaban J connectivity index is 1.86. The normalized spacial score (nSPS) is 10.4. The van der Waals surface area contributed by atoms with E-state index in [1.807, 2.05) is 12.1 Å². The van der Waals surface area contributed by atoms with Gasteiger partial charge in [0, 0.05) is 30.4 Å². The largest absolute Gasteiger partial charge is 0.324 e. The molecule has 0 spiro atoms. The summed E-state index contributed by atoms with van der Waals surface area (Å²) in [4.78, 5) is 15.7. The highest BCUT2D eigenvalue weighted by Crippen LogP contribution is 2.18. The first-order valence-electron chi connectivity index (χ1n) is 6.40. The van der Waals surface area contributed by atoms with Crippen LogP contribution in [0.15, 0.2) is 36.5 Å². The molecule has 1 amide bonds. The minimum absolute atomic E-state index is 0.134. The number of nitrogens with zero attached hydrogens (tertiary/aromatic N) is 1. The summed E-state index contributed by atoms with van der Waals surface area (Å²) in [6.45, 7) is 0. The predicted octanol–water partition coefficient (Wildman–Crippen LogP) is 3.46. The molecule has 0 atom stereocenters. The number of halogens is 3. The van der Waals surface area contributed by atoms with Gasteiger partial charge in [0.05, 0.1) is 5.69 Å². The molecule has 0 saturated heterocycles. The monoisotopic (exact) mass is 294 g/mol. The summed E-state index contributed by atoms with van der Waals surface area (Å²) in [6, 6.07) is 6.51. The van der Waals surface area contributed by atoms with E-state index in [1.165, 1.54) is 0 Å². The lowest BCUT2D eigenvalue weighted by Gasteiger charge is -2.07. The van der Waals surface area contributed by atoms with Crippen LogP contribution in [0.5, 0.6) is 0 Å². The number of hydrogen-bond acceptors (Lipinski definition) is 2. The maximum absolute atomic E-state index is 13.3. The molecule has 0 aliphatic heterocycles. The van der Waals surface area contributed by atoms with E-state index in [0.717, 1.165) is 5.69 Å². The van der Waals surface area contributed by atoms with E-state index in [1.54, 1.807) is 12.3 Å². The Kier molecular flexibility index (Phi) is 4.92. The first kappa shape index (κ1) is 15.0. The first-order valence-corrected chi connectivity index (χ1v) is 6.40. The van der Waals surface area contributed by atoms with Crippen LogP contribution in [0, 0.1) is 17.5 Å². The number of carbonyl (C=O) groups excluding carboxylic acids is 1. The average molecular weight is 294 g/mol. The number of hydrogen-bond donors (Lipinski definition) is 1. The molecule has 0 aliphatic carbocycles. The molecule has 0 aliphatic rings. The van der Waals surface area contributed by atoms with Gasteiger partial charge in [0.2, 0.25) is 5.91 Å². The summed E-state index contributed by atoms with van der Waals surface area (Å²) in [6.07, 6.45) is 2.92. The van der Waals surface area contributed by atoms with Crippen molar-refractivity contribution < 1.29 is 18.0 Å². The maximum Gasteiger partial charge on any atom is 0.224 e. The molecule has 6 heteroatoms. The van der Waals surface area contributed by atoms with Gasteiger partial charge in [-0.3, -0.25) is 9.78 Å². The summed E-state index contributed by atoms with van der Waals surface area (Å²) in [5.41, 5.74) is 0.487. The lowest BCUT2D eigenvalue weighted by molar-refractivity contribution is -0.116. The van der Waals surface area contributed by atoms with E-state index in [9.17, 15) is 18.0 Å². The van der Waals surface area contributed by atoms with E-state index in [4.69, 9.17) is 0 Å². The number of amides is 1. The lowest BCUT2D eigenvalue weighted by Crippen LogP contribution is -2.13. The van der Waals surface area contributed by atoms with E-state index in [2.05, 4.69) is 10.3 Å². The molecule has 2 aromatic rings. The zero-order chi connectivity index (χ0) is 15.2. The summed E-state index contributed by atoms with van der Waals surface area (Å²) in [7, 11) is 0. The van der Waals surface area contributed by atoms with Crippen molar-refractivity contribution in [3.63, 3.8) is 0 Å². The lowest BCUT2D eigenvalue weighted by atomic mass is 10.1. The fourth-order valence-electron chi connectivity index (χ4n) is 1.81. The summed E-state index contributed by atoms with van der Waals surface area (Å²) in [5.74, 6) is -3.97. The molecule has 3 nitrogen and oxygen atoms in total. The fourth-order valence-corrected chi connectivity index (χ4v) is 1.81. The highest BCUT2D eigenvalue weighted by atomic mass is 19.2. The van der Waals surface area contributed by atoms with Gasteiger partial charge in [-0.05, 0) is 25.0 Å². The molecule has 0 fully saturated rings. The second-order valence-corrected chi connectivity index (χ2v) is 4.47. The minimum atomic E-state index is -1.29. The molecule has 2 rings (SSSR count). The fraction of sp³-hybridized carbons (Fsp3) is 0.200. The summed E-state index contributed by atoms with van der Waals surface area (Å²) < 4.78 is 39.1. The number of anilines is 1. The van der Waals surface area contributed by atoms with E-state index >= 15 is 0 Å². The molecule has 0 saturated carbocycles. The Morgan fingerprint density at radius 3 is 2.57 bits per heavy atom. The molecule has 0 bridgehead atoms. The molecular formula is C15H13F3N2O. The van der Waals surface area contributed by atoms with Gasteiger partial charge in [0.25, 0.3) is 0 Å². The predicted molar refractivity (Wildman–Crippen MR) is 72.1 cm³/mol. The maximum atomic E-state index is 13.3. The Hall–Kier alpha value is -2.37. The van der Waals surface area contributed by atoms with Crippen LogP contribution < -0.4 is 5.32 Å². The van der Waals surface area contributed by atoms with Gasteiger partial charge in [-0.1, -0.05) is 6.07 Å². The molecule has 1 N–H and O–H groups in total. The van der Waals surface area contributed by atoms with Gasteiger partial charge in [-0.2, -0.15) is 0 Å². The van der Waals surface area contributed by atoms with Crippen molar-refractivity contribution in [2.45, 2.75) is 19.3 Å². The van der Waals surface area contributed by atoms with Crippen LogP contribution >= 0.6 is 0 Å². The van der Waals surface area contributed by atoms with Crippen LogP contribution in [-0.4, -0.2) is 10.9 Å². The van der Waals surface area contributed by atoms with Crippen molar-refractivity contribution in [2.75, 3.05) is 5.32 Å². The Morgan fingerprint density at radius 2 is 1.86 bits per heavy atom. The highest BCUT2D eigenvalue weighted by Gasteiger charge is 2.12. The molecule has 110 valence electrons. The number of aryl methyl sites for hydroxylation is 1. The Morgan fingerprint density at radius 1 is 1.10 bits per heavy atom. The second-order valence-electron chi connectivity index (χ2n) is 4.47. The van der Waals surface area contributed by atoms with Crippen LogP contribution in [0.1, 0.15) is 18.5 Å². The van der Waals surface area contributed by atoms with Crippen molar-refractivity contribution in [1.82, 2.24) is 4.98 Å². The zero-order valence-electron chi connectivity index (χ0n) is 11.1. The number of nitrogens with one attached hydrogen (secondary N) is 1. The van der Waals surface area contributed by atoms with Crippen LogP contribution in [0.3, 0.4) is 0 Å². The van der Waals surface area contributed by atoms with Crippen molar-refractivity contribution in [3.8, 4) is 0 Å². The van der Waals surface area contributed by atoms with Crippen molar-refractivity contribution >= 4 is 11.6 Å². The number of carbonyl (C=O) groups is 1. The van der Waals surface area contributed by atoms with Crippen molar-refractivity contribution in [3.05, 3.63) is 59.7 Å². The molecule has 0 unspecified atom stereocenters. The molecule has 1 heterocycles. The van der Waals surface area contributed by atoms with Gasteiger partial charge >= 0.3 is 0 Å². The number of aromatic nitrogens is 1. The topological polar surface area (TPSA) is 42.0 Å². The SMILES string of the molecule is O=C(CCCc1ccccn1)Nc1cc(F)c(F)cc1F. The van der Waals surface area contributed by atoms with E-state index in [0.29, 0.717) is 25.0 Å². The van der Waals surface area contributed by atoms with Gasteiger partial charge in [0.15, 0.2) is 11.6 Å². The quantitative estimate of drug-likeness (QED) is 0.858. The van der Waals surface area contributed by atoms with Crippen LogP contribution in [0.4, 0.5) is 18.9 Å². The average Bonchev–Trinajstić information content (AvgIpc) is 2.46. The Bertz CT molecular complexity index is 632. The number of pyridine rings is 1. The Labute approximate surface area is 119 Å². The smallest absolute Gasteiger partial charge is 0.224 e. The second kappa shape index (κ2) is 6.88. The molecule has 1 aromatic carbocycles. The summed E-state index contributed by atoms with van der Waals surface area (Å²) in [5, 5.41) is 2.22. The number of rotatable bonds is 5.